The van der Waals surface area contributed by atoms with E-state index < -0.39 is 31.1 Å². The molecule has 2 heterocycles. The first-order valence-corrected chi connectivity index (χ1v) is 18.7. The molecule has 48 heavy (non-hydrogen) atoms. The lowest BCUT2D eigenvalue weighted by Gasteiger charge is -2.43. The number of benzene rings is 3. The number of rotatable bonds is 13. The zero-order valence-corrected chi connectivity index (χ0v) is 29.9. The van der Waals surface area contributed by atoms with Crippen LogP contribution in [0.2, 0.25) is 5.04 Å². The number of thioether (sulfide) groups is 1. The molecule has 1 aliphatic rings. The van der Waals surface area contributed by atoms with Crippen molar-refractivity contribution in [1.82, 2.24) is 0 Å². The van der Waals surface area contributed by atoms with E-state index in [0.29, 0.717) is 37.1 Å². The maximum atomic E-state index is 14.2. The molecule has 4 aromatic rings. The lowest BCUT2D eigenvalue weighted by molar-refractivity contribution is -0.144. The number of hydrogen-bond acceptors (Lipinski definition) is 8. The van der Waals surface area contributed by atoms with Gasteiger partial charge < -0.3 is 18.3 Å². The topological polar surface area (TPSA) is 92.0 Å². The SMILES string of the molecule is C=C(C)[C@H](c1cc(C(=O)OC)c(C=O)o1)[C@H]1C[C@@](CCO[Si](c2ccccc2)(c2ccccc2)C(C)(C)C)(Sc2ccccc2)C(=O)O1. The van der Waals surface area contributed by atoms with E-state index in [-0.39, 0.29) is 22.3 Å². The van der Waals surface area contributed by atoms with Gasteiger partial charge >= 0.3 is 11.9 Å². The van der Waals surface area contributed by atoms with Crippen LogP contribution in [0.1, 0.15) is 73.1 Å². The molecule has 5 rings (SSSR count). The number of ether oxygens (including phenoxy) is 2. The molecule has 1 fully saturated rings. The second-order valence-corrected chi connectivity index (χ2v) is 18.9. The quantitative estimate of drug-likeness (QED) is 0.0626. The van der Waals surface area contributed by atoms with E-state index >= 15 is 0 Å². The van der Waals surface area contributed by atoms with Gasteiger partial charge in [-0.05, 0) is 47.0 Å². The molecule has 1 aromatic heterocycles. The highest BCUT2D eigenvalue weighted by Crippen LogP contribution is 2.49. The van der Waals surface area contributed by atoms with E-state index in [2.05, 4.69) is 75.9 Å². The van der Waals surface area contributed by atoms with Crippen LogP contribution < -0.4 is 10.4 Å². The van der Waals surface area contributed by atoms with Gasteiger partial charge in [0, 0.05) is 17.9 Å². The van der Waals surface area contributed by atoms with Gasteiger partial charge in [0.15, 0.2) is 12.0 Å². The van der Waals surface area contributed by atoms with Gasteiger partial charge in [-0.25, -0.2) is 4.79 Å². The molecule has 1 aliphatic heterocycles. The van der Waals surface area contributed by atoms with Gasteiger partial charge in [0.1, 0.15) is 22.2 Å². The van der Waals surface area contributed by atoms with Gasteiger partial charge in [0.25, 0.3) is 8.32 Å². The first-order chi connectivity index (χ1) is 23.0. The van der Waals surface area contributed by atoms with Gasteiger partial charge in [-0.15, -0.1) is 11.8 Å². The van der Waals surface area contributed by atoms with Crippen molar-refractivity contribution in [1.29, 1.82) is 0 Å². The summed E-state index contributed by atoms with van der Waals surface area (Å²) in [5.41, 5.74) is 0.682. The zero-order valence-electron chi connectivity index (χ0n) is 28.1. The fraction of sp³-hybridized carbons (Fsp3) is 0.308. The summed E-state index contributed by atoms with van der Waals surface area (Å²) in [5, 5.41) is 2.09. The fourth-order valence-corrected chi connectivity index (χ4v) is 12.6. The van der Waals surface area contributed by atoms with Gasteiger partial charge in [-0.2, -0.15) is 0 Å². The van der Waals surface area contributed by atoms with Crippen LogP contribution in [0.3, 0.4) is 0 Å². The Morgan fingerprint density at radius 2 is 1.58 bits per heavy atom. The maximum absolute atomic E-state index is 14.2. The van der Waals surface area contributed by atoms with Gasteiger partial charge in [-0.3, -0.25) is 9.59 Å². The molecule has 1 saturated heterocycles. The number of aldehydes is 1. The minimum Gasteiger partial charge on any atom is -0.465 e. The molecule has 0 N–H and O–H groups in total. The largest absolute Gasteiger partial charge is 0.465 e. The van der Waals surface area contributed by atoms with Gasteiger partial charge in [0.2, 0.25) is 0 Å². The fourth-order valence-electron chi connectivity index (χ4n) is 6.74. The van der Waals surface area contributed by atoms with Crippen LogP contribution in [0.25, 0.3) is 0 Å². The van der Waals surface area contributed by atoms with Crippen LogP contribution in [-0.2, 0) is 18.7 Å². The van der Waals surface area contributed by atoms with Crippen LogP contribution in [0.4, 0.5) is 0 Å². The highest BCUT2D eigenvalue weighted by molar-refractivity contribution is 8.01. The van der Waals surface area contributed by atoms with Crippen LogP contribution in [-0.4, -0.2) is 51.1 Å². The molecule has 3 atom stereocenters. The Hall–Kier alpha value is -4.18. The van der Waals surface area contributed by atoms with E-state index in [1.54, 1.807) is 0 Å². The number of furan rings is 1. The predicted octanol–water partition coefficient (Wildman–Crippen LogP) is 7.35. The molecule has 0 aliphatic carbocycles. The molecule has 7 nitrogen and oxygen atoms in total. The second-order valence-electron chi connectivity index (χ2n) is 13.2. The smallest absolute Gasteiger partial charge is 0.341 e. The summed E-state index contributed by atoms with van der Waals surface area (Å²) >= 11 is 1.48. The highest BCUT2D eigenvalue weighted by atomic mass is 32.2. The second kappa shape index (κ2) is 14.5. The number of carbonyl (C=O) groups excluding carboxylic acids is 3. The van der Waals surface area contributed by atoms with Crippen molar-refractivity contribution in [3.63, 3.8) is 0 Å². The summed E-state index contributed by atoms with van der Waals surface area (Å²) in [5.74, 6) is -1.47. The Bertz CT molecular complexity index is 1710. The van der Waals surface area contributed by atoms with Crippen molar-refractivity contribution in [3.05, 3.63) is 126 Å². The van der Waals surface area contributed by atoms with E-state index in [1.165, 1.54) is 24.9 Å². The molecule has 0 saturated carbocycles. The zero-order chi connectivity index (χ0) is 34.5. The molecule has 0 spiro atoms. The molecular formula is C39H42O7SSi. The molecule has 250 valence electrons. The van der Waals surface area contributed by atoms with Crippen molar-refractivity contribution in [3.8, 4) is 0 Å². The molecule has 0 amide bonds. The summed E-state index contributed by atoms with van der Waals surface area (Å²) < 4.78 is 23.1. The number of esters is 2. The van der Waals surface area contributed by atoms with Crippen molar-refractivity contribution < 1.29 is 32.7 Å². The van der Waals surface area contributed by atoms with Crippen molar-refractivity contribution >= 4 is 48.7 Å². The minimum atomic E-state index is -2.87. The molecule has 0 bridgehead atoms. The minimum absolute atomic E-state index is 0.0155. The third-order valence-corrected chi connectivity index (χ3v) is 15.4. The Morgan fingerprint density at radius 3 is 2.08 bits per heavy atom. The normalized spacial score (nSPS) is 18.6. The first-order valence-electron chi connectivity index (χ1n) is 16.0. The van der Waals surface area contributed by atoms with Crippen molar-refractivity contribution in [2.75, 3.05) is 13.7 Å². The predicted molar refractivity (Wildman–Crippen MR) is 191 cm³/mol. The van der Waals surface area contributed by atoms with Crippen LogP contribution >= 0.6 is 11.8 Å². The highest BCUT2D eigenvalue weighted by Gasteiger charge is 2.55. The Morgan fingerprint density at radius 1 is 1.02 bits per heavy atom. The summed E-state index contributed by atoms with van der Waals surface area (Å²) in [6.45, 7) is 13.0. The average molecular weight is 683 g/mol. The Kier molecular flexibility index (Phi) is 10.6. The molecule has 9 heteroatoms. The number of methoxy groups -OCH3 is 1. The Balaban J connectivity index is 1.52. The third-order valence-electron chi connectivity index (χ3n) is 8.96. The van der Waals surface area contributed by atoms with Crippen LogP contribution in [0.15, 0.2) is 119 Å². The van der Waals surface area contributed by atoms with Crippen molar-refractivity contribution in [2.24, 2.45) is 0 Å². The monoisotopic (exact) mass is 682 g/mol. The van der Waals surface area contributed by atoms with Crippen LogP contribution in [0, 0.1) is 0 Å². The van der Waals surface area contributed by atoms with Crippen molar-refractivity contribution in [2.45, 2.75) is 67.2 Å². The standard InChI is InChI=1S/C39H42O7SSi/c1-27(2)35(32-24-31(36(41)43-6)34(26-40)45-32)33-25-39(37(42)46-33,47-28-16-10-7-11-17-28)22-23-44-48(38(3,4)5,29-18-12-8-13-19-29)30-20-14-9-15-21-30/h7-21,24,26,33,35H,1,22-23,25H2,2-6H3/t33-,35-,39-/m1/s1. The van der Waals surface area contributed by atoms with E-state index in [1.807, 2.05) is 49.4 Å². The molecule has 0 radical (unpaired) electrons. The first kappa shape index (κ1) is 35.1. The average Bonchev–Trinajstić information content (AvgIpc) is 3.64. The van der Waals surface area contributed by atoms with Gasteiger partial charge in [-0.1, -0.05) is 112 Å². The molecule has 3 aromatic carbocycles. The molecule has 0 unspecified atom stereocenters. The summed E-state index contributed by atoms with van der Waals surface area (Å²) in [4.78, 5) is 39.3. The van der Waals surface area contributed by atoms with E-state index in [0.717, 1.165) is 15.3 Å². The number of cyclic esters (lactones) is 1. The summed E-state index contributed by atoms with van der Waals surface area (Å²) in [6, 6.07) is 32.1. The molecular weight excluding hydrogens is 641 g/mol. The maximum Gasteiger partial charge on any atom is 0.341 e. The van der Waals surface area contributed by atoms with E-state index in [4.69, 9.17) is 18.3 Å². The third kappa shape index (κ3) is 6.85. The summed E-state index contributed by atoms with van der Waals surface area (Å²) in [7, 11) is -1.63. The Labute approximate surface area is 287 Å². The summed E-state index contributed by atoms with van der Waals surface area (Å²) in [6.07, 6.45) is 0.539. The van der Waals surface area contributed by atoms with Gasteiger partial charge in [0.05, 0.1) is 13.0 Å². The lowest BCUT2D eigenvalue weighted by Crippen LogP contribution is -2.66. The lowest BCUT2D eigenvalue weighted by atomic mass is 9.87. The van der Waals surface area contributed by atoms with Crippen LogP contribution in [0.5, 0.6) is 0 Å². The van der Waals surface area contributed by atoms with E-state index in [9.17, 15) is 14.4 Å². The number of hydrogen-bond donors (Lipinski definition) is 0. The number of carbonyl (C=O) groups is 3.